The first kappa shape index (κ1) is 66.5. The number of nitrogens with zero attached hydrogens (tertiary/aromatic N) is 3. The van der Waals surface area contributed by atoms with Gasteiger partial charge in [0.25, 0.3) is 6.71 Å². The van der Waals surface area contributed by atoms with Crippen LogP contribution in [0.5, 0.6) is 0 Å². The van der Waals surface area contributed by atoms with Crippen LogP contribution in [-0.4, -0.2) is 30.9 Å². The highest BCUT2D eigenvalue weighted by Crippen LogP contribution is 2.49. The summed E-state index contributed by atoms with van der Waals surface area (Å²) in [5.74, 6) is 0. The minimum Gasteiger partial charge on any atom is -0.311 e. The lowest BCUT2D eigenvalue weighted by atomic mass is 9.32. The molecule has 19 rings (SSSR count). The first-order chi connectivity index (χ1) is 54.1. The molecule has 514 valence electrons. The number of hydrogen-bond acceptors (Lipinski definition) is 3. The first-order valence-electron chi connectivity index (χ1n) is 37.8. The van der Waals surface area contributed by atoms with E-state index >= 15 is 0 Å². The van der Waals surface area contributed by atoms with Gasteiger partial charge in [-0.3, -0.25) is 0 Å². The summed E-state index contributed by atoms with van der Waals surface area (Å²) in [7, 11) is -9.49. The molecule has 0 saturated heterocycles. The lowest BCUT2D eigenvalue weighted by Crippen LogP contribution is -2.75. The molecule has 0 N–H and O–H groups in total. The van der Waals surface area contributed by atoms with Crippen molar-refractivity contribution in [3.05, 3.63) is 461 Å². The number of rotatable bonds is 18. The van der Waals surface area contributed by atoms with E-state index in [0.29, 0.717) is 0 Å². The first-order valence-corrected chi connectivity index (χ1v) is 43.8. The van der Waals surface area contributed by atoms with Crippen molar-refractivity contribution in [2.75, 3.05) is 14.7 Å². The molecule has 0 amide bonds. The van der Waals surface area contributed by atoms with Gasteiger partial charge in [-0.2, -0.15) is 0 Å². The van der Waals surface area contributed by atoms with Crippen molar-refractivity contribution >= 4 is 161 Å². The maximum Gasteiger partial charge on any atom is 0.252 e. The van der Waals surface area contributed by atoms with E-state index in [9.17, 15) is 0 Å². The Balaban J connectivity index is 0.977. The molecule has 0 saturated carbocycles. The van der Waals surface area contributed by atoms with Crippen molar-refractivity contribution in [3.63, 3.8) is 0 Å². The van der Waals surface area contributed by atoms with Gasteiger partial charge in [0.15, 0.2) is 24.2 Å². The molecule has 17 aromatic carbocycles. The average molecular weight is 1440 g/mol. The predicted molar refractivity (Wildman–Crippen MR) is 471 cm³/mol. The molecular formula is C102H76BN3Si3. The Morgan fingerprint density at radius 2 is 0.477 bits per heavy atom. The van der Waals surface area contributed by atoms with Crippen LogP contribution in [0.15, 0.2) is 461 Å². The summed E-state index contributed by atoms with van der Waals surface area (Å²) in [4.78, 5) is 7.84. The molecule has 0 radical (unpaired) electrons. The van der Waals surface area contributed by atoms with Gasteiger partial charge in [-0.05, 0) is 163 Å². The predicted octanol–water partition coefficient (Wildman–Crippen LogP) is 15.0. The van der Waals surface area contributed by atoms with E-state index in [1.54, 1.807) is 0 Å². The Labute approximate surface area is 643 Å². The fourth-order valence-corrected chi connectivity index (χ4v) is 32.7. The highest BCUT2D eigenvalue weighted by Gasteiger charge is 2.50. The van der Waals surface area contributed by atoms with Gasteiger partial charge in [0.1, 0.15) is 0 Å². The number of para-hydroxylation sites is 2. The van der Waals surface area contributed by atoms with E-state index in [4.69, 9.17) is 0 Å². The van der Waals surface area contributed by atoms with Gasteiger partial charge in [-0.15, -0.1) is 0 Å². The van der Waals surface area contributed by atoms with Gasteiger partial charge in [-0.1, -0.05) is 388 Å². The average Bonchev–Trinajstić information content (AvgIpc) is 0.692. The zero-order valence-corrected chi connectivity index (χ0v) is 63.3. The number of benzene rings is 17. The molecule has 0 bridgehead atoms. The van der Waals surface area contributed by atoms with E-state index < -0.39 is 24.2 Å². The van der Waals surface area contributed by atoms with Crippen LogP contribution in [0, 0.1) is 0 Å². The van der Waals surface area contributed by atoms with Crippen LogP contribution in [0.1, 0.15) is 0 Å². The van der Waals surface area contributed by atoms with Crippen molar-refractivity contribution in [2.24, 2.45) is 0 Å². The monoisotopic (exact) mass is 1440 g/mol. The lowest BCUT2D eigenvalue weighted by molar-refractivity contribution is 1.23. The second-order valence-electron chi connectivity index (χ2n) is 28.5. The van der Waals surface area contributed by atoms with Crippen molar-refractivity contribution in [1.29, 1.82) is 0 Å². The minimum absolute atomic E-state index is 0.283. The van der Waals surface area contributed by atoms with Crippen molar-refractivity contribution in [2.45, 2.75) is 0 Å². The van der Waals surface area contributed by atoms with Crippen LogP contribution in [0.3, 0.4) is 0 Å². The van der Waals surface area contributed by atoms with Crippen LogP contribution >= 0.6 is 0 Å². The molecular weight excluding hydrogens is 1360 g/mol. The maximum absolute atomic E-state index is 3.22. The van der Waals surface area contributed by atoms with Crippen LogP contribution in [0.2, 0.25) is 0 Å². The fraction of sp³-hybridized carbons (Fsp3) is 0. The van der Waals surface area contributed by atoms with E-state index in [0.717, 1.165) is 51.2 Å². The minimum atomic E-state index is -3.22. The van der Waals surface area contributed by atoms with Crippen LogP contribution in [-0.2, 0) is 0 Å². The van der Waals surface area contributed by atoms with Gasteiger partial charge in [0.05, 0.1) is 5.69 Å². The highest BCUT2D eigenvalue weighted by atomic mass is 28.3. The third-order valence-corrected chi connectivity index (χ3v) is 37.2. The smallest absolute Gasteiger partial charge is 0.252 e. The standard InChI is InChI=1S/C102H76BN3Si3/c1-13-40-77(41-14-1)95-68-39-69-97-101(95)103-96-71-70-94(109(89-60-31-10-32-61-89,90-62-33-11-34-63-90)91-64-35-12-36-65-91)76-98(96)106(81-47-38-67-93(73-81)108(86-54-25-7-26-55-86,87-56-27-8-28-57-87)88-58-29-9-30-59-88)100-75-82(104(78-42-15-2-16-43-78)79-44-17-3-18-45-79)74-99(102(100)103)105(97)80-46-37-66-92(72-80)107(83-48-19-4-20-49-83,84-50-21-5-22-51-84)85-52-23-6-24-53-85/h1-76H. The van der Waals surface area contributed by atoms with Crippen LogP contribution < -0.4 is 93.3 Å². The Bertz CT molecular complexity index is 5710. The van der Waals surface area contributed by atoms with E-state index in [-0.39, 0.29) is 6.71 Å². The van der Waals surface area contributed by atoms with Gasteiger partial charge in [-0.25, -0.2) is 0 Å². The highest BCUT2D eigenvalue weighted by molar-refractivity contribution is 7.21. The molecule has 2 heterocycles. The van der Waals surface area contributed by atoms with Gasteiger partial charge in [0.2, 0.25) is 0 Å². The van der Waals surface area contributed by atoms with Gasteiger partial charge in [0, 0.05) is 45.5 Å². The Kier molecular flexibility index (Phi) is 17.5. The Hall–Kier alpha value is -13.1. The second kappa shape index (κ2) is 28.6. The summed E-state index contributed by atoms with van der Waals surface area (Å²) in [6, 6.07) is 175. The number of hydrogen-bond donors (Lipinski definition) is 0. The number of fused-ring (bicyclic) bond motifs is 4. The molecule has 109 heavy (non-hydrogen) atoms. The van der Waals surface area contributed by atoms with Crippen LogP contribution in [0.4, 0.5) is 51.2 Å². The molecule has 0 fully saturated rings. The van der Waals surface area contributed by atoms with Crippen molar-refractivity contribution in [1.82, 2.24) is 0 Å². The van der Waals surface area contributed by atoms with E-state index in [2.05, 4.69) is 476 Å². The SMILES string of the molecule is c1ccc(-c2cccc3c2B2c4ccc([Si](c5ccccc5)(c5ccccc5)c5ccccc5)cc4N(c4cccc([Si](c5ccccc5)(c5ccccc5)c5ccccc5)c4)c4cc(N(c5ccccc5)c5ccccc5)cc(c42)N3c2cccc([Si](c3ccccc3)(c3ccccc3)c3ccccc3)c2)cc1. The maximum atomic E-state index is 2.71. The molecule has 0 aromatic heterocycles. The summed E-state index contributed by atoms with van der Waals surface area (Å²) < 4.78 is 0. The summed E-state index contributed by atoms with van der Waals surface area (Å²) >= 11 is 0. The molecule has 17 aromatic rings. The zero-order valence-electron chi connectivity index (χ0n) is 60.3. The molecule has 0 unspecified atom stereocenters. The fourth-order valence-electron chi connectivity index (χ4n) is 18.4. The third-order valence-electron chi connectivity index (χ3n) is 22.8. The Morgan fingerprint density at radius 3 is 0.817 bits per heavy atom. The topological polar surface area (TPSA) is 9.72 Å². The van der Waals surface area contributed by atoms with Crippen molar-refractivity contribution < 1.29 is 0 Å². The van der Waals surface area contributed by atoms with E-state index in [1.807, 2.05) is 0 Å². The lowest BCUT2D eigenvalue weighted by Gasteiger charge is -2.46. The normalized spacial score (nSPS) is 12.3. The van der Waals surface area contributed by atoms with Crippen molar-refractivity contribution in [3.8, 4) is 11.1 Å². The quantitative estimate of drug-likeness (QED) is 0.0626. The number of anilines is 9. The molecule has 0 aliphatic carbocycles. The second-order valence-corrected chi connectivity index (χ2v) is 40.0. The molecule has 2 aliphatic rings. The van der Waals surface area contributed by atoms with Crippen LogP contribution in [0.25, 0.3) is 11.1 Å². The molecule has 0 atom stereocenters. The van der Waals surface area contributed by atoms with E-state index in [1.165, 1.54) is 89.8 Å². The zero-order chi connectivity index (χ0) is 72.6. The van der Waals surface area contributed by atoms with Gasteiger partial charge >= 0.3 is 0 Å². The Morgan fingerprint density at radius 1 is 0.193 bits per heavy atom. The molecule has 3 nitrogen and oxygen atoms in total. The third kappa shape index (κ3) is 11.2. The summed E-state index contributed by atoms with van der Waals surface area (Å²) in [6.07, 6.45) is 0. The summed E-state index contributed by atoms with van der Waals surface area (Å²) in [6.45, 7) is -0.283. The molecule has 2 aliphatic heterocycles. The van der Waals surface area contributed by atoms with Gasteiger partial charge < -0.3 is 14.7 Å². The molecule has 0 spiro atoms. The summed E-state index contributed by atoms with van der Waals surface area (Å²) in [5.41, 5.74) is 15.8. The molecule has 7 heteroatoms. The largest absolute Gasteiger partial charge is 0.311 e. The summed E-state index contributed by atoms with van der Waals surface area (Å²) in [5, 5.41) is 15.7.